The summed E-state index contributed by atoms with van der Waals surface area (Å²) in [6.45, 7) is 0. The smallest absolute Gasteiger partial charge is 0.418 e. The molecule has 0 aliphatic carbocycles. The Bertz CT molecular complexity index is 917. The van der Waals surface area contributed by atoms with Gasteiger partial charge in [0.2, 0.25) is 15.2 Å². The summed E-state index contributed by atoms with van der Waals surface area (Å²) in [5, 5.41) is 9.00. The minimum atomic E-state index is -6.00. The highest BCUT2D eigenvalue weighted by Gasteiger charge is 2.38. The lowest BCUT2D eigenvalue weighted by Gasteiger charge is -1.97. The van der Waals surface area contributed by atoms with Crippen molar-refractivity contribution in [1.29, 1.82) is 5.39 Å². The van der Waals surface area contributed by atoms with Crippen molar-refractivity contribution in [3.05, 3.63) is 41.4 Å². The number of nitrogens with two attached hydrogens (primary N) is 1. The number of rotatable bonds is 0. The van der Waals surface area contributed by atoms with Gasteiger partial charge in [-0.3, -0.25) is 0 Å². The average Bonchev–Trinajstić information content (AvgIpc) is 2.66. The number of fused-ring (bicyclic) bond motifs is 3. The number of hydrogen-bond donors (Lipinski definition) is 1. The van der Waals surface area contributed by atoms with Crippen molar-refractivity contribution < 1.29 is 25.7 Å². The van der Waals surface area contributed by atoms with Gasteiger partial charge in [-0.05, 0) is 12.1 Å². The van der Waals surface area contributed by atoms with E-state index in [1.165, 1.54) is 18.2 Å². The highest BCUT2D eigenvalue weighted by atomic mass is 32.2. The standard InChI is InChI=1S/C12H8N3O2S.BF4/c13-7-5-9(15-14)12-8-3-1-2-4-10(8)18(16,17)11(12)6-7;2-1(3,4)5/h1-6H,13H2;/q+1;-1. The van der Waals surface area contributed by atoms with Gasteiger partial charge in [-0.1, -0.05) is 18.2 Å². The molecule has 0 amide bonds. The molecule has 23 heavy (non-hydrogen) atoms. The van der Waals surface area contributed by atoms with Gasteiger partial charge in [0, 0.05) is 11.3 Å². The first-order chi connectivity index (χ1) is 10.6. The summed E-state index contributed by atoms with van der Waals surface area (Å²) in [5.41, 5.74) is 6.99. The summed E-state index contributed by atoms with van der Waals surface area (Å²) in [4.78, 5) is 3.44. The normalized spacial score (nSPS) is 14.0. The molecule has 0 saturated carbocycles. The Morgan fingerprint density at radius 3 is 2.17 bits per heavy atom. The van der Waals surface area contributed by atoms with E-state index in [0.29, 0.717) is 11.1 Å². The summed E-state index contributed by atoms with van der Waals surface area (Å²) in [5.74, 6) is 0. The van der Waals surface area contributed by atoms with Gasteiger partial charge in [0.25, 0.3) is 0 Å². The molecule has 0 aromatic heterocycles. The van der Waals surface area contributed by atoms with Gasteiger partial charge < -0.3 is 23.0 Å². The van der Waals surface area contributed by atoms with Crippen LogP contribution in [-0.4, -0.2) is 15.7 Å². The number of hydrogen-bond acceptors (Lipinski definition) is 4. The SMILES string of the molecule is F[B-](F)(F)F.N#[N+]c1cc(N)cc2c1-c1ccccc1S2(=O)=O. The maximum atomic E-state index is 12.3. The number of nitrogens with zero attached hydrogens (tertiary/aromatic N) is 2. The van der Waals surface area contributed by atoms with Crippen LogP contribution in [0.3, 0.4) is 0 Å². The Morgan fingerprint density at radius 1 is 1.04 bits per heavy atom. The molecule has 120 valence electrons. The quantitative estimate of drug-likeness (QED) is 0.290. The molecule has 2 aromatic carbocycles. The molecule has 0 saturated heterocycles. The van der Waals surface area contributed by atoms with Gasteiger partial charge in [-0.2, -0.15) is 0 Å². The van der Waals surface area contributed by atoms with Crippen molar-refractivity contribution in [3.63, 3.8) is 0 Å². The molecule has 1 heterocycles. The molecule has 0 bridgehead atoms. The molecular formula is C12H8BF4N3O2S. The topological polar surface area (TPSA) is 88.3 Å². The van der Waals surface area contributed by atoms with Crippen LogP contribution in [0.15, 0.2) is 46.2 Å². The minimum absolute atomic E-state index is 0.0940. The molecule has 1 aliphatic rings. The Kier molecular flexibility index (Phi) is 4.04. The van der Waals surface area contributed by atoms with Gasteiger partial charge in [0.05, 0.1) is 21.4 Å². The third kappa shape index (κ3) is 3.27. The van der Waals surface area contributed by atoms with Crippen molar-refractivity contribution in [3.8, 4) is 11.1 Å². The monoisotopic (exact) mass is 345 g/mol. The lowest BCUT2D eigenvalue weighted by atomic mass is 10.0. The van der Waals surface area contributed by atoms with Crippen molar-refractivity contribution >= 4 is 28.5 Å². The number of sulfone groups is 1. The Hall–Kier alpha value is -2.61. The van der Waals surface area contributed by atoms with Crippen molar-refractivity contribution in [2.45, 2.75) is 9.79 Å². The predicted octanol–water partition coefficient (Wildman–Crippen LogP) is 3.87. The Morgan fingerprint density at radius 2 is 1.61 bits per heavy atom. The second-order valence-electron chi connectivity index (χ2n) is 4.51. The van der Waals surface area contributed by atoms with Crippen LogP contribution < -0.4 is 5.73 Å². The maximum Gasteiger partial charge on any atom is 0.673 e. The second kappa shape index (κ2) is 5.55. The largest absolute Gasteiger partial charge is 0.673 e. The van der Waals surface area contributed by atoms with Crippen LogP contribution in [-0.2, 0) is 9.84 Å². The van der Waals surface area contributed by atoms with Crippen LogP contribution in [0.25, 0.3) is 16.1 Å². The minimum Gasteiger partial charge on any atom is -0.418 e. The second-order valence-corrected chi connectivity index (χ2v) is 6.39. The van der Waals surface area contributed by atoms with E-state index < -0.39 is 17.1 Å². The first-order valence-electron chi connectivity index (χ1n) is 6.06. The van der Waals surface area contributed by atoms with Gasteiger partial charge >= 0.3 is 12.9 Å². The lowest BCUT2D eigenvalue weighted by Crippen LogP contribution is -2.02. The molecule has 3 rings (SSSR count). The summed E-state index contributed by atoms with van der Waals surface area (Å²) in [6.07, 6.45) is 0. The van der Waals surface area contributed by atoms with Gasteiger partial charge in [0.1, 0.15) is 0 Å². The molecule has 0 fully saturated rings. The molecule has 5 nitrogen and oxygen atoms in total. The zero-order chi connectivity index (χ0) is 17.4. The summed E-state index contributed by atoms with van der Waals surface area (Å²) in [7, 11) is -9.57. The van der Waals surface area contributed by atoms with E-state index in [9.17, 15) is 25.7 Å². The molecule has 0 atom stereocenters. The van der Waals surface area contributed by atoms with Crippen LogP contribution in [0.5, 0.6) is 0 Å². The van der Waals surface area contributed by atoms with E-state index in [1.54, 1.807) is 18.2 Å². The number of nitrogen functional groups attached to an aromatic ring is 1. The van der Waals surface area contributed by atoms with E-state index in [-0.39, 0.29) is 21.2 Å². The highest BCUT2D eigenvalue weighted by Crippen LogP contribution is 2.48. The van der Waals surface area contributed by atoms with Gasteiger partial charge in [0.15, 0.2) is 4.98 Å². The molecule has 0 spiro atoms. The number of halogens is 4. The van der Waals surface area contributed by atoms with E-state index >= 15 is 0 Å². The van der Waals surface area contributed by atoms with Crippen molar-refractivity contribution in [2.24, 2.45) is 0 Å². The fourth-order valence-electron chi connectivity index (χ4n) is 2.21. The van der Waals surface area contributed by atoms with Crippen LogP contribution in [0, 0.1) is 5.39 Å². The summed E-state index contributed by atoms with van der Waals surface area (Å²) >= 11 is 0. The van der Waals surface area contributed by atoms with Gasteiger partial charge in [-0.15, -0.1) is 0 Å². The number of anilines is 1. The van der Waals surface area contributed by atoms with Gasteiger partial charge in [-0.25, -0.2) is 8.42 Å². The van der Waals surface area contributed by atoms with Crippen LogP contribution in [0.1, 0.15) is 0 Å². The first kappa shape index (κ1) is 16.8. The third-order valence-electron chi connectivity index (χ3n) is 2.95. The lowest BCUT2D eigenvalue weighted by molar-refractivity contribution is 0.368. The van der Waals surface area contributed by atoms with Crippen LogP contribution >= 0.6 is 0 Å². The molecule has 0 unspecified atom stereocenters. The summed E-state index contributed by atoms with van der Waals surface area (Å²) in [6, 6.07) is 9.43. The fourth-order valence-corrected chi connectivity index (χ4v) is 3.94. The van der Waals surface area contributed by atoms with E-state index in [0.717, 1.165) is 0 Å². The zero-order valence-corrected chi connectivity index (χ0v) is 12.1. The van der Waals surface area contributed by atoms with Crippen molar-refractivity contribution in [1.82, 2.24) is 0 Å². The first-order valence-corrected chi connectivity index (χ1v) is 7.54. The van der Waals surface area contributed by atoms with E-state index in [2.05, 4.69) is 4.98 Å². The van der Waals surface area contributed by atoms with E-state index in [1.807, 2.05) is 0 Å². The predicted molar refractivity (Wildman–Crippen MR) is 76.7 cm³/mol. The molecule has 2 N–H and O–H groups in total. The maximum absolute atomic E-state index is 12.3. The molecule has 11 heteroatoms. The zero-order valence-electron chi connectivity index (χ0n) is 11.2. The van der Waals surface area contributed by atoms with Crippen molar-refractivity contribution in [2.75, 3.05) is 5.73 Å². The Labute approximate surface area is 128 Å². The molecule has 1 aliphatic heterocycles. The Balaban J connectivity index is 0.000000338. The highest BCUT2D eigenvalue weighted by molar-refractivity contribution is 7.92. The summed E-state index contributed by atoms with van der Waals surface area (Å²) < 4.78 is 63.6. The molecule has 2 aromatic rings. The molecular weight excluding hydrogens is 337 g/mol. The third-order valence-corrected chi connectivity index (χ3v) is 4.78. The average molecular weight is 345 g/mol. The fraction of sp³-hybridized carbons (Fsp3) is 0. The number of diazo groups is 1. The number of benzene rings is 2. The van der Waals surface area contributed by atoms with Crippen LogP contribution in [0.2, 0.25) is 0 Å². The van der Waals surface area contributed by atoms with Crippen LogP contribution in [0.4, 0.5) is 28.6 Å². The molecule has 0 radical (unpaired) electrons. The van der Waals surface area contributed by atoms with E-state index in [4.69, 9.17) is 11.1 Å².